The molecule has 0 unspecified atom stereocenters. The van der Waals surface area contributed by atoms with E-state index < -0.39 is 0 Å². The lowest BCUT2D eigenvalue weighted by atomic mass is 10.0. The summed E-state index contributed by atoms with van der Waals surface area (Å²) in [6.07, 6.45) is 6.02. The summed E-state index contributed by atoms with van der Waals surface area (Å²) in [6, 6.07) is 6.37. The Hall–Kier alpha value is -1.30. The van der Waals surface area contributed by atoms with Crippen molar-refractivity contribution in [2.45, 2.75) is 41.5 Å². The van der Waals surface area contributed by atoms with E-state index in [1.54, 1.807) is 0 Å². The van der Waals surface area contributed by atoms with Gasteiger partial charge in [-0.1, -0.05) is 76.3 Å². The minimum absolute atomic E-state index is 1.20. The normalized spacial score (nSPS) is 8.62. The van der Waals surface area contributed by atoms with Crippen molar-refractivity contribution < 1.29 is 0 Å². The van der Waals surface area contributed by atoms with Crippen molar-refractivity contribution in [2.75, 3.05) is 0 Å². The van der Waals surface area contributed by atoms with Crippen molar-refractivity contribution in [1.82, 2.24) is 0 Å². The Balaban J connectivity index is 0. The van der Waals surface area contributed by atoms with Gasteiger partial charge in [-0.3, -0.25) is 0 Å². The standard InChI is InChI=1S/C12H14.2C2H6/c1-4-6-12-8-7-10(3)9-11(12)5-2;2*1-2/h4-9H,2H2,1,3H3;2*1-2H3/b6-4-;;. The van der Waals surface area contributed by atoms with Crippen LogP contribution in [0, 0.1) is 6.92 Å². The fourth-order valence-electron chi connectivity index (χ4n) is 1.20. The first-order chi connectivity index (χ1) is 7.77. The highest BCUT2D eigenvalue weighted by Gasteiger charge is 1.94. The second-order valence-electron chi connectivity index (χ2n) is 2.84. The Kier molecular flexibility index (Phi) is 12.6. The van der Waals surface area contributed by atoms with Crippen LogP contribution < -0.4 is 0 Å². The van der Waals surface area contributed by atoms with E-state index in [1.807, 2.05) is 46.8 Å². The van der Waals surface area contributed by atoms with Crippen LogP contribution in [-0.2, 0) is 0 Å². The van der Waals surface area contributed by atoms with Gasteiger partial charge in [0.2, 0.25) is 0 Å². The molecule has 0 N–H and O–H groups in total. The Labute approximate surface area is 102 Å². The molecule has 1 rings (SSSR count). The van der Waals surface area contributed by atoms with Crippen LogP contribution in [0.1, 0.15) is 51.3 Å². The lowest BCUT2D eigenvalue weighted by Gasteiger charge is -2.01. The summed E-state index contributed by atoms with van der Waals surface area (Å²) < 4.78 is 0. The number of hydrogen-bond acceptors (Lipinski definition) is 0. The van der Waals surface area contributed by atoms with Gasteiger partial charge in [0.25, 0.3) is 0 Å². The highest BCUT2D eigenvalue weighted by Crippen LogP contribution is 2.14. The third kappa shape index (κ3) is 6.23. The average Bonchev–Trinajstić information content (AvgIpc) is 2.36. The second-order valence-corrected chi connectivity index (χ2v) is 2.84. The van der Waals surface area contributed by atoms with Gasteiger partial charge >= 0.3 is 0 Å². The van der Waals surface area contributed by atoms with Gasteiger partial charge in [-0.05, 0) is 25.0 Å². The number of hydrogen-bond donors (Lipinski definition) is 0. The van der Waals surface area contributed by atoms with Gasteiger partial charge in [0.1, 0.15) is 0 Å². The van der Waals surface area contributed by atoms with E-state index >= 15 is 0 Å². The molecule has 0 bridgehead atoms. The fraction of sp³-hybridized carbons (Fsp3) is 0.375. The molecule has 0 aromatic heterocycles. The average molecular weight is 218 g/mol. The molecule has 0 radical (unpaired) electrons. The van der Waals surface area contributed by atoms with E-state index in [9.17, 15) is 0 Å². The van der Waals surface area contributed by atoms with Crippen molar-refractivity contribution >= 4 is 12.2 Å². The maximum atomic E-state index is 3.78. The van der Waals surface area contributed by atoms with E-state index in [2.05, 4.69) is 37.8 Å². The zero-order valence-corrected chi connectivity index (χ0v) is 11.7. The molecule has 16 heavy (non-hydrogen) atoms. The quantitative estimate of drug-likeness (QED) is 0.595. The summed E-state index contributed by atoms with van der Waals surface area (Å²) >= 11 is 0. The zero-order valence-electron chi connectivity index (χ0n) is 11.7. The first kappa shape index (κ1) is 17.1. The largest absolute Gasteiger partial charge is 0.0984 e. The Morgan fingerprint density at radius 2 is 1.56 bits per heavy atom. The molecule has 0 heteroatoms. The molecule has 0 aliphatic heterocycles. The van der Waals surface area contributed by atoms with Gasteiger partial charge < -0.3 is 0 Å². The molecule has 0 spiro atoms. The number of allylic oxidation sites excluding steroid dienone is 1. The Morgan fingerprint density at radius 1 is 1.00 bits per heavy atom. The Morgan fingerprint density at radius 3 is 2.00 bits per heavy atom. The van der Waals surface area contributed by atoms with Gasteiger partial charge in [-0.2, -0.15) is 0 Å². The molecular formula is C16H26. The van der Waals surface area contributed by atoms with E-state index in [4.69, 9.17) is 0 Å². The number of benzene rings is 1. The zero-order chi connectivity index (χ0) is 13.0. The van der Waals surface area contributed by atoms with Crippen LogP contribution in [0.15, 0.2) is 30.9 Å². The summed E-state index contributed by atoms with van der Waals surface area (Å²) in [6.45, 7) is 15.9. The maximum Gasteiger partial charge on any atom is -0.0187 e. The van der Waals surface area contributed by atoms with Crippen molar-refractivity contribution in [3.05, 3.63) is 47.5 Å². The topological polar surface area (TPSA) is 0 Å². The van der Waals surface area contributed by atoms with Crippen LogP contribution in [0.2, 0.25) is 0 Å². The lowest BCUT2D eigenvalue weighted by Crippen LogP contribution is -1.81. The van der Waals surface area contributed by atoms with Gasteiger partial charge in [0.05, 0.1) is 0 Å². The molecule has 0 amide bonds. The molecule has 0 fully saturated rings. The summed E-state index contributed by atoms with van der Waals surface area (Å²) in [4.78, 5) is 0. The van der Waals surface area contributed by atoms with Crippen molar-refractivity contribution in [3.63, 3.8) is 0 Å². The van der Waals surface area contributed by atoms with E-state index in [0.717, 1.165) is 0 Å². The van der Waals surface area contributed by atoms with Gasteiger partial charge in [0, 0.05) is 0 Å². The SMILES string of the molecule is C=Cc1cc(C)ccc1/C=C\C.CC.CC. The number of rotatable bonds is 2. The van der Waals surface area contributed by atoms with Gasteiger partial charge in [-0.25, -0.2) is 0 Å². The van der Waals surface area contributed by atoms with Crippen LogP contribution in [0.5, 0.6) is 0 Å². The predicted molar refractivity (Wildman–Crippen MR) is 78.7 cm³/mol. The lowest BCUT2D eigenvalue weighted by molar-refractivity contribution is 1.44. The fourth-order valence-corrected chi connectivity index (χ4v) is 1.20. The van der Waals surface area contributed by atoms with Crippen molar-refractivity contribution in [2.24, 2.45) is 0 Å². The third-order valence-corrected chi connectivity index (χ3v) is 1.81. The molecule has 0 saturated carbocycles. The molecular weight excluding hydrogens is 192 g/mol. The summed E-state index contributed by atoms with van der Waals surface area (Å²) in [5, 5.41) is 0. The van der Waals surface area contributed by atoms with Crippen LogP contribution in [0.25, 0.3) is 12.2 Å². The van der Waals surface area contributed by atoms with Crippen molar-refractivity contribution in [3.8, 4) is 0 Å². The maximum absolute atomic E-state index is 3.78. The highest BCUT2D eigenvalue weighted by atomic mass is 14.0. The molecule has 0 saturated heterocycles. The Bertz CT molecular complexity index is 306. The second kappa shape index (κ2) is 11.8. The van der Waals surface area contributed by atoms with Crippen LogP contribution in [-0.4, -0.2) is 0 Å². The molecule has 0 aliphatic rings. The minimum Gasteiger partial charge on any atom is -0.0984 e. The number of aryl methyl sites for hydroxylation is 1. The molecule has 1 aromatic rings. The third-order valence-electron chi connectivity index (χ3n) is 1.81. The van der Waals surface area contributed by atoms with Gasteiger partial charge in [0.15, 0.2) is 0 Å². The predicted octanol–water partition coefficient (Wildman–Crippen LogP) is 5.72. The molecule has 0 nitrogen and oxygen atoms in total. The van der Waals surface area contributed by atoms with E-state index in [0.29, 0.717) is 0 Å². The van der Waals surface area contributed by atoms with Crippen molar-refractivity contribution in [1.29, 1.82) is 0 Å². The van der Waals surface area contributed by atoms with Crippen LogP contribution >= 0.6 is 0 Å². The molecule has 90 valence electrons. The molecule has 0 aliphatic carbocycles. The summed E-state index contributed by atoms with van der Waals surface area (Å²) in [5.74, 6) is 0. The first-order valence-corrected chi connectivity index (χ1v) is 6.13. The van der Waals surface area contributed by atoms with E-state index in [1.165, 1.54) is 16.7 Å². The van der Waals surface area contributed by atoms with Crippen LogP contribution in [0.4, 0.5) is 0 Å². The molecule has 0 heterocycles. The smallest absolute Gasteiger partial charge is 0.0187 e. The molecule has 1 aromatic carbocycles. The minimum atomic E-state index is 1.20. The molecule has 0 atom stereocenters. The van der Waals surface area contributed by atoms with Crippen LogP contribution in [0.3, 0.4) is 0 Å². The highest BCUT2D eigenvalue weighted by molar-refractivity contribution is 5.64. The van der Waals surface area contributed by atoms with E-state index in [-0.39, 0.29) is 0 Å². The van der Waals surface area contributed by atoms with Gasteiger partial charge in [-0.15, -0.1) is 0 Å². The monoisotopic (exact) mass is 218 g/mol. The first-order valence-electron chi connectivity index (χ1n) is 6.13. The summed E-state index contributed by atoms with van der Waals surface area (Å²) in [5.41, 5.74) is 3.71. The summed E-state index contributed by atoms with van der Waals surface area (Å²) in [7, 11) is 0.